The van der Waals surface area contributed by atoms with Crippen LogP contribution < -0.4 is 4.74 Å². The van der Waals surface area contributed by atoms with Crippen LogP contribution in [0.2, 0.25) is 5.02 Å². The van der Waals surface area contributed by atoms with E-state index in [0.29, 0.717) is 0 Å². The van der Waals surface area contributed by atoms with Crippen molar-refractivity contribution in [2.45, 2.75) is 13.8 Å². The number of para-hydroxylation sites is 1. The predicted molar refractivity (Wildman–Crippen MR) is 93.9 cm³/mol. The van der Waals surface area contributed by atoms with Gasteiger partial charge in [-0.05, 0) is 18.2 Å². The molecule has 1 heterocycles. The van der Waals surface area contributed by atoms with E-state index in [2.05, 4.69) is 16.6 Å². The number of fused-ring (bicyclic) bond motifs is 2. The number of pyridine rings is 1. The average Bonchev–Trinajstić information content (AvgIpc) is 2.58. The zero-order valence-corrected chi connectivity index (χ0v) is 14.2. The van der Waals surface area contributed by atoms with Gasteiger partial charge in [-0.15, -0.1) is 11.6 Å². The lowest BCUT2D eigenvalue weighted by atomic mass is 10.1. The third-order valence-electron chi connectivity index (χ3n) is 2.82. The molecule has 3 rings (SSSR count). The van der Waals surface area contributed by atoms with Crippen molar-refractivity contribution < 1.29 is 4.74 Å². The number of nitrogens with zero attached hydrogens (tertiary/aromatic N) is 1. The number of ether oxygens (including phenoxy) is 1. The predicted octanol–water partition coefficient (Wildman–Crippen LogP) is 5.93. The number of benzene rings is 2. The summed E-state index contributed by atoms with van der Waals surface area (Å²) in [6.07, 6.45) is 1.47. The fourth-order valence-corrected chi connectivity index (χ4v) is 2.27. The van der Waals surface area contributed by atoms with Gasteiger partial charge < -0.3 is 4.74 Å². The van der Waals surface area contributed by atoms with Gasteiger partial charge in [0.25, 0.3) is 0 Å². The number of halogens is 2. The highest BCUT2D eigenvalue weighted by atomic mass is 35.5. The van der Waals surface area contributed by atoms with E-state index < -0.39 is 0 Å². The van der Waals surface area contributed by atoms with E-state index >= 15 is 0 Å². The molecule has 0 saturated carbocycles. The highest BCUT2D eigenvalue weighted by molar-refractivity contribution is 6.40. The lowest BCUT2D eigenvalue weighted by Crippen LogP contribution is -1.87. The Hall–Kier alpha value is -1.51. The van der Waals surface area contributed by atoms with Crippen LogP contribution in [0.25, 0.3) is 21.8 Å². The molecule has 0 radical (unpaired) electrons. The Morgan fingerprint density at radius 2 is 1.52 bits per heavy atom. The van der Waals surface area contributed by atoms with Crippen LogP contribution in [0.15, 0.2) is 42.5 Å². The fourth-order valence-electron chi connectivity index (χ4n) is 1.95. The Kier molecular flexibility index (Phi) is 7.27. The van der Waals surface area contributed by atoms with E-state index in [0.717, 1.165) is 32.6 Å². The topological polar surface area (TPSA) is 22.1 Å². The van der Waals surface area contributed by atoms with Crippen molar-refractivity contribution in [3.63, 3.8) is 0 Å². The molecule has 0 unspecified atom stereocenters. The van der Waals surface area contributed by atoms with Crippen molar-refractivity contribution in [3.05, 3.63) is 47.5 Å². The second-order valence-electron chi connectivity index (χ2n) is 3.83. The van der Waals surface area contributed by atoms with Gasteiger partial charge in [0.15, 0.2) is 0 Å². The maximum atomic E-state index is 6.39. The fraction of sp³-hybridized carbons (Fsp3) is 0.235. The molecule has 1 aromatic heterocycles. The van der Waals surface area contributed by atoms with Crippen LogP contribution in [0, 0.1) is 0 Å². The van der Waals surface area contributed by atoms with E-state index in [9.17, 15) is 0 Å². The molecular weight excluding hydrogens is 305 g/mol. The van der Waals surface area contributed by atoms with Gasteiger partial charge in [-0.25, -0.2) is 4.98 Å². The number of hydrogen-bond donors (Lipinski definition) is 0. The number of aromatic nitrogens is 1. The van der Waals surface area contributed by atoms with Crippen molar-refractivity contribution in [1.82, 2.24) is 4.98 Å². The van der Waals surface area contributed by atoms with Crippen molar-refractivity contribution in [2.75, 3.05) is 13.5 Å². The second-order valence-corrected chi connectivity index (χ2v) is 4.20. The smallest absolute Gasteiger partial charge is 0.121 e. The molecule has 0 spiro atoms. The quantitative estimate of drug-likeness (QED) is 0.409. The normalized spacial score (nSPS) is 9.43. The first-order valence-electron chi connectivity index (χ1n) is 6.69. The van der Waals surface area contributed by atoms with Gasteiger partial charge in [0.1, 0.15) is 5.75 Å². The summed E-state index contributed by atoms with van der Waals surface area (Å²) in [4.78, 5) is 4.58. The number of hydrogen-bond acceptors (Lipinski definition) is 2. The van der Waals surface area contributed by atoms with Gasteiger partial charge in [0, 0.05) is 23.2 Å². The van der Waals surface area contributed by atoms with Crippen LogP contribution in [0.1, 0.15) is 13.8 Å². The van der Waals surface area contributed by atoms with Gasteiger partial charge >= 0.3 is 0 Å². The summed E-state index contributed by atoms with van der Waals surface area (Å²) >= 11 is 11.0. The van der Waals surface area contributed by atoms with Gasteiger partial charge in [-0.1, -0.05) is 43.6 Å². The molecule has 0 amide bonds. The van der Waals surface area contributed by atoms with Crippen LogP contribution in [0.5, 0.6) is 5.75 Å². The van der Waals surface area contributed by atoms with Gasteiger partial charge in [0.05, 0.1) is 23.2 Å². The highest BCUT2D eigenvalue weighted by Gasteiger charge is 2.07. The Labute approximate surface area is 135 Å². The van der Waals surface area contributed by atoms with E-state index in [1.54, 1.807) is 7.11 Å². The van der Waals surface area contributed by atoms with Gasteiger partial charge in [-0.2, -0.15) is 0 Å². The Balaban J connectivity index is 0.000000510. The Morgan fingerprint density at radius 1 is 0.905 bits per heavy atom. The first-order chi connectivity index (χ1) is 10.3. The molecular formula is C17H19Cl2NO. The van der Waals surface area contributed by atoms with E-state index in [1.807, 2.05) is 56.3 Å². The van der Waals surface area contributed by atoms with E-state index in [1.165, 1.54) is 6.38 Å². The summed E-state index contributed by atoms with van der Waals surface area (Å²) in [6, 6.07) is 13.6. The molecule has 0 fully saturated rings. The van der Waals surface area contributed by atoms with E-state index in [-0.39, 0.29) is 0 Å². The van der Waals surface area contributed by atoms with Crippen LogP contribution in [-0.2, 0) is 0 Å². The SMILES string of the molecule is CC.CCl.COc1ccc2c(Cl)c3ccccc3nc2c1. The highest BCUT2D eigenvalue weighted by Crippen LogP contribution is 2.31. The van der Waals surface area contributed by atoms with Crippen molar-refractivity contribution in [2.24, 2.45) is 0 Å². The Bertz CT molecular complexity index is 714. The minimum absolute atomic E-state index is 0.744. The van der Waals surface area contributed by atoms with Crippen LogP contribution in [0.3, 0.4) is 0 Å². The molecule has 2 aromatic carbocycles. The molecule has 21 heavy (non-hydrogen) atoms. The zero-order chi connectivity index (χ0) is 15.8. The molecule has 0 aliphatic rings. The molecule has 0 bridgehead atoms. The zero-order valence-electron chi connectivity index (χ0n) is 12.7. The minimum atomic E-state index is 0.744. The summed E-state index contributed by atoms with van der Waals surface area (Å²) in [6.45, 7) is 4.00. The molecule has 112 valence electrons. The first-order valence-corrected chi connectivity index (χ1v) is 7.83. The largest absolute Gasteiger partial charge is 0.497 e. The molecule has 0 atom stereocenters. The van der Waals surface area contributed by atoms with Crippen molar-refractivity contribution in [1.29, 1.82) is 0 Å². The third-order valence-corrected chi connectivity index (χ3v) is 3.23. The lowest BCUT2D eigenvalue weighted by molar-refractivity contribution is 0.415. The van der Waals surface area contributed by atoms with Gasteiger partial charge in [0.2, 0.25) is 0 Å². The summed E-state index contributed by atoms with van der Waals surface area (Å²) in [5, 5.41) is 2.67. The molecule has 3 aromatic rings. The number of methoxy groups -OCH3 is 1. The Morgan fingerprint density at radius 3 is 2.19 bits per heavy atom. The maximum Gasteiger partial charge on any atom is 0.121 e. The summed E-state index contributed by atoms with van der Waals surface area (Å²) < 4.78 is 5.19. The van der Waals surface area contributed by atoms with Crippen LogP contribution >= 0.6 is 23.2 Å². The molecule has 4 heteroatoms. The standard InChI is InChI=1S/C14H10ClNO.C2H6.CH3Cl/c1-17-9-6-7-11-13(8-9)16-12-5-3-2-4-10(12)14(11)15;2*1-2/h2-8H,1H3;1-2H3;1H3. The molecule has 0 N–H and O–H groups in total. The minimum Gasteiger partial charge on any atom is -0.497 e. The third kappa shape index (κ3) is 3.78. The molecule has 0 aliphatic carbocycles. The summed E-state index contributed by atoms with van der Waals surface area (Å²) in [5.74, 6) is 0.788. The monoisotopic (exact) mass is 323 g/mol. The second kappa shape index (κ2) is 8.71. The van der Waals surface area contributed by atoms with Crippen molar-refractivity contribution >= 4 is 45.0 Å². The number of rotatable bonds is 1. The molecule has 0 saturated heterocycles. The van der Waals surface area contributed by atoms with Crippen molar-refractivity contribution in [3.8, 4) is 5.75 Å². The summed E-state index contributed by atoms with van der Waals surface area (Å²) in [7, 11) is 1.64. The average molecular weight is 324 g/mol. The van der Waals surface area contributed by atoms with Crippen LogP contribution in [-0.4, -0.2) is 18.5 Å². The summed E-state index contributed by atoms with van der Waals surface area (Å²) in [5.41, 5.74) is 1.76. The molecule has 2 nitrogen and oxygen atoms in total. The van der Waals surface area contributed by atoms with Gasteiger partial charge in [-0.3, -0.25) is 0 Å². The maximum absolute atomic E-state index is 6.39. The first kappa shape index (κ1) is 17.5. The van der Waals surface area contributed by atoms with E-state index in [4.69, 9.17) is 16.3 Å². The lowest BCUT2D eigenvalue weighted by Gasteiger charge is -2.06. The number of alkyl halides is 1. The van der Waals surface area contributed by atoms with Crippen LogP contribution in [0.4, 0.5) is 0 Å². The molecule has 0 aliphatic heterocycles.